The number of nitrogens with one attached hydrogen (secondary N) is 1. The van der Waals surface area contributed by atoms with Gasteiger partial charge in [-0.05, 0) is 36.4 Å². The van der Waals surface area contributed by atoms with Crippen molar-refractivity contribution in [3.05, 3.63) is 59.7 Å². The Kier molecular flexibility index (Phi) is 5.24. The first-order chi connectivity index (χ1) is 11.5. The third-order valence-electron chi connectivity index (χ3n) is 2.94. The van der Waals surface area contributed by atoms with Crippen molar-refractivity contribution in [3.63, 3.8) is 0 Å². The first-order valence-corrected chi connectivity index (χ1v) is 6.85. The lowest BCUT2D eigenvalue weighted by molar-refractivity contribution is -0.137. The number of halogens is 6. The van der Waals surface area contributed by atoms with Gasteiger partial charge in [-0.3, -0.25) is 4.79 Å². The Labute approximate surface area is 138 Å². The zero-order valence-electron chi connectivity index (χ0n) is 12.4. The van der Waals surface area contributed by atoms with Crippen LogP contribution in [0.4, 0.5) is 26.3 Å². The SMILES string of the molecule is O=C(NCC(F)(F)F)c1cccc(Oc2cccc(C(F)(F)F)c2)c1. The molecule has 0 saturated carbocycles. The Morgan fingerprint density at radius 3 is 2.12 bits per heavy atom. The Morgan fingerprint density at radius 1 is 0.920 bits per heavy atom. The number of rotatable bonds is 4. The Balaban J connectivity index is 2.13. The number of amides is 1. The predicted octanol–water partition coefficient (Wildman–Crippen LogP) is 4.79. The normalized spacial score (nSPS) is 11.9. The van der Waals surface area contributed by atoms with Crippen LogP contribution in [-0.2, 0) is 6.18 Å². The highest BCUT2D eigenvalue weighted by atomic mass is 19.4. The standard InChI is InChI=1S/C16H11F6NO2/c17-15(18,19)9-23-14(24)10-3-1-5-12(7-10)25-13-6-2-4-11(8-13)16(20,21)22/h1-8H,9H2,(H,23,24). The van der Waals surface area contributed by atoms with Gasteiger partial charge < -0.3 is 10.1 Å². The summed E-state index contributed by atoms with van der Waals surface area (Å²) in [4.78, 5) is 11.7. The van der Waals surface area contributed by atoms with Gasteiger partial charge in [0.05, 0.1) is 5.56 Å². The highest BCUT2D eigenvalue weighted by Crippen LogP contribution is 2.32. The molecule has 2 rings (SSSR count). The summed E-state index contributed by atoms with van der Waals surface area (Å²) in [5.74, 6) is -1.09. The molecule has 0 saturated heterocycles. The maximum absolute atomic E-state index is 12.7. The molecule has 0 radical (unpaired) electrons. The van der Waals surface area contributed by atoms with E-state index in [-0.39, 0.29) is 17.1 Å². The minimum Gasteiger partial charge on any atom is -0.457 e. The van der Waals surface area contributed by atoms with E-state index in [9.17, 15) is 31.1 Å². The van der Waals surface area contributed by atoms with Gasteiger partial charge in [-0.1, -0.05) is 12.1 Å². The molecule has 0 atom stereocenters. The number of alkyl halides is 6. The van der Waals surface area contributed by atoms with Crippen molar-refractivity contribution in [1.29, 1.82) is 0 Å². The fourth-order valence-electron chi connectivity index (χ4n) is 1.86. The maximum atomic E-state index is 12.7. The van der Waals surface area contributed by atoms with E-state index < -0.39 is 30.4 Å². The molecule has 0 aliphatic heterocycles. The van der Waals surface area contributed by atoms with E-state index in [1.807, 2.05) is 0 Å². The van der Waals surface area contributed by atoms with Crippen molar-refractivity contribution >= 4 is 5.91 Å². The van der Waals surface area contributed by atoms with Crippen molar-refractivity contribution in [1.82, 2.24) is 5.32 Å². The van der Waals surface area contributed by atoms with Crippen LogP contribution in [0.2, 0.25) is 0 Å². The molecule has 9 heteroatoms. The summed E-state index contributed by atoms with van der Waals surface area (Å²) in [5.41, 5.74) is -1.03. The Morgan fingerprint density at radius 2 is 1.52 bits per heavy atom. The number of carbonyl (C=O) groups excluding carboxylic acids is 1. The summed E-state index contributed by atoms with van der Waals surface area (Å²) in [7, 11) is 0. The summed E-state index contributed by atoms with van der Waals surface area (Å²) in [6.07, 6.45) is -9.10. The van der Waals surface area contributed by atoms with Gasteiger partial charge in [0.25, 0.3) is 5.91 Å². The van der Waals surface area contributed by atoms with Gasteiger partial charge in [-0.15, -0.1) is 0 Å². The molecule has 0 aliphatic carbocycles. The lowest BCUT2D eigenvalue weighted by Crippen LogP contribution is -2.33. The van der Waals surface area contributed by atoms with Crippen molar-refractivity contribution in [2.24, 2.45) is 0 Å². The molecule has 0 fully saturated rings. The fourth-order valence-corrected chi connectivity index (χ4v) is 1.86. The van der Waals surface area contributed by atoms with Gasteiger partial charge in [0.2, 0.25) is 0 Å². The van der Waals surface area contributed by atoms with Crippen LogP contribution in [0.3, 0.4) is 0 Å². The summed E-state index contributed by atoms with van der Waals surface area (Å²) in [5, 5.41) is 1.69. The first kappa shape index (κ1) is 18.6. The maximum Gasteiger partial charge on any atom is 0.416 e. The van der Waals surface area contributed by atoms with Gasteiger partial charge in [0.15, 0.2) is 0 Å². The van der Waals surface area contributed by atoms with Crippen molar-refractivity contribution < 1.29 is 35.9 Å². The van der Waals surface area contributed by atoms with Gasteiger partial charge in [0.1, 0.15) is 18.0 Å². The molecule has 25 heavy (non-hydrogen) atoms. The summed E-state index contributed by atoms with van der Waals surface area (Å²) >= 11 is 0. The highest BCUT2D eigenvalue weighted by Gasteiger charge is 2.30. The van der Waals surface area contributed by atoms with E-state index in [0.717, 1.165) is 24.3 Å². The smallest absolute Gasteiger partial charge is 0.416 e. The van der Waals surface area contributed by atoms with E-state index >= 15 is 0 Å². The molecule has 1 amide bonds. The van der Waals surface area contributed by atoms with Gasteiger partial charge in [-0.25, -0.2) is 0 Å². The summed E-state index contributed by atoms with van der Waals surface area (Å²) in [6, 6.07) is 9.16. The second kappa shape index (κ2) is 7.04. The lowest BCUT2D eigenvalue weighted by atomic mass is 10.2. The monoisotopic (exact) mass is 363 g/mol. The quantitative estimate of drug-likeness (QED) is 0.794. The zero-order valence-corrected chi connectivity index (χ0v) is 12.4. The average Bonchev–Trinajstić information content (AvgIpc) is 2.51. The molecule has 0 aromatic heterocycles. The molecule has 0 bridgehead atoms. The van der Waals surface area contributed by atoms with Crippen LogP contribution in [0.5, 0.6) is 11.5 Å². The molecule has 134 valence electrons. The number of hydrogen-bond acceptors (Lipinski definition) is 2. The molecular weight excluding hydrogens is 352 g/mol. The number of ether oxygens (including phenoxy) is 1. The molecule has 0 spiro atoms. The van der Waals surface area contributed by atoms with E-state index in [1.54, 1.807) is 5.32 Å². The van der Waals surface area contributed by atoms with Gasteiger partial charge in [-0.2, -0.15) is 26.3 Å². The van der Waals surface area contributed by atoms with Crippen LogP contribution in [-0.4, -0.2) is 18.6 Å². The largest absolute Gasteiger partial charge is 0.457 e. The molecule has 0 heterocycles. The average molecular weight is 363 g/mol. The van der Waals surface area contributed by atoms with Crippen LogP contribution in [0.25, 0.3) is 0 Å². The summed E-state index contributed by atoms with van der Waals surface area (Å²) < 4.78 is 79.5. The minimum absolute atomic E-state index is 0.0129. The summed E-state index contributed by atoms with van der Waals surface area (Å²) in [6.45, 7) is -1.50. The topological polar surface area (TPSA) is 38.3 Å². The fraction of sp³-hybridized carbons (Fsp3) is 0.188. The molecular formula is C16H11F6NO2. The number of carbonyl (C=O) groups is 1. The van der Waals surface area contributed by atoms with Gasteiger partial charge in [0, 0.05) is 5.56 Å². The van der Waals surface area contributed by atoms with Crippen molar-refractivity contribution in [2.45, 2.75) is 12.4 Å². The zero-order chi connectivity index (χ0) is 18.7. The molecule has 3 nitrogen and oxygen atoms in total. The van der Waals surface area contributed by atoms with Crippen LogP contribution in [0.15, 0.2) is 48.5 Å². The number of benzene rings is 2. The third kappa shape index (κ3) is 5.70. The van der Waals surface area contributed by atoms with Crippen LogP contribution in [0.1, 0.15) is 15.9 Å². The molecule has 1 N–H and O–H groups in total. The minimum atomic E-state index is -4.55. The van der Waals surface area contributed by atoms with Gasteiger partial charge >= 0.3 is 12.4 Å². The van der Waals surface area contributed by atoms with Crippen molar-refractivity contribution in [2.75, 3.05) is 6.54 Å². The van der Waals surface area contributed by atoms with Crippen LogP contribution >= 0.6 is 0 Å². The first-order valence-electron chi connectivity index (χ1n) is 6.85. The second-order valence-corrected chi connectivity index (χ2v) is 4.95. The Bertz CT molecular complexity index is 755. The Hall–Kier alpha value is -2.71. The second-order valence-electron chi connectivity index (χ2n) is 4.95. The van der Waals surface area contributed by atoms with E-state index in [1.165, 1.54) is 24.3 Å². The van der Waals surface area contributed by atoms with E-state index in [0.29, 0.717) is 0 Å². The molecule has 2 aromatic rings. The molecule has 0 aliphatic rings. The van der Waals surface area contributed by atoms with Crippen LogP contribution < -0.4 is 10.1 Å². The highest BCUT2D eigenvalue weighted by molar-refractivity contribution is 5.94. The lowest BCUT2D eigenvalue weighted by Gasteiger charge is -2.11. The predicted molar refractivity (Wildman–Crippen MR) is 76.3 cm³/mol. The van der Waals surface area contributed by atoms with E-state index in [4.69, 9.17) is 4.74 Å². The molecule has 2 aromatic carbocycles. The number of hydrogen-bond donors (Lipinski definition) is 1. The van der Waals surface area contributed by atoms with Crippen molar-refractivity contribution in [3.8, 4) is 11.5 Å². The third-order valence-corrected chi connectivity index (χ3v) is 2.94. The van der Waals surface area contributed by atoms with E-state index in [2.05, 4.69) is 0 Å². The molecule has 0 unspecified atom stereocenters. The van der Waals surface area contributed by atoms with Crippen LogP contribution in [0, 0.1) is 0 Å².